The van der Waals surface area contributed by atoms with E-state index in [2.05, 4.69) is 15.8 Å². The standard InChI is InChI=1S/C25H23N3O3/c29-24-23(22(16-26-24)20-9-5-2-6-10-20)25(30)28-27-15-18-11-13-21(14-12-18)31-17-19-7-3-1-4-8-19/h1-15,22-23H,16-17H2,(H,26,29)(H,28,30)/t22-,23+/m1/s1. The van der Waals surface area contributed by atoms with Crippen molar-refractivity contribution in [3.05, 3.63) is 102 Å². The predicted octanol–water partition coefficient (Wildman–Crippen LogP) is 3.25. The molecule has 1 aliphatic heterocycles. The summed E-state index contributed by atoms with van der Waals surface area (Å²) in [5, 5.41) is 6.80. The van der Waals surface area contributed by atoms with Crippen LogP contribution in [0.1, 0.15) is 22.6 Å². The molecule has 2 atom stereocenters. The lowest BCUT2D eigenvalue weighted by atomic mass is 9.88. The molecule has 1 aliphatic rings. The molecule has 156 valence electrons. The van der Waals surface area contributed by atoms with Crippen LogP contribution in [0.25, 0.3) is 0 Å². The van der Waals surface area contributed by atoms with Crippen molar-refractivity contribution in [2.75, 3.05) is 6.54 Å². The minimum atomic E-state index is -0.798. The van der Waals surface area contributed by atoms with Crippen LogP contribution in [-0.2, 0) is 16.2 Å². The third-order valence-electron chi connectivity index (χ3n) is 5.21. The van der Waals surface area contributed by atoms with Crippen LogP contribution in [0.15, 0.2) is 90.0 Å². The molecule has 0 radical (unpaired) electrons. The van der Waals surface area contributed by atoms with Gasteiger partial charge in [0.25, 0.3) is 5.91 Å². The molecule has 0 bridgehead atoms. The molecule has 1 heterocycles. The van der Waals surface area contributed by atoms with Crippen molar-refractivity contribution in [3.8, 4) is 5.75 Å². The smallest absolute Gasteiger partial charge is 0.253 e. The number of carbonyl (C=O) groups excluding carboxylic acids is 2. The van der Waals surface area contributed by atoms with Crippen LogP contribution >= 0.6 is 0 Å². The molecule has 3 aromatic carbocycles. The third-order valence-corrected chi connectivity index (χ3v) is 5.21. The predicted molar refractivity (Wildman–Crippen MR) is 119 cm³/mol. The van der Waals surface area contributed by atoms with E-state index in [-0.39, 0.29) is 11.8 Å². The fourth-order valence-electron chi connectivity index (χ4n) is 3.56. The molecule has 0 saturated carbocycles. The van der Waals surface area contributed by atoms with Crippen molar-refractivity contribution in [2.24, 2.45) is 11.0 Å². The average Bonchev–Trinajstić information content (AvgIpc) is 3.21. The summed E-state index contributed by atoms with van der Waals surface area (Å²) in [5.74, 6) is -0.944. The van der Waals surface area contributed by atoms with E-state index in [0.717, 1.165) is 22.4 Å². The van der Waals surface area contributed by atoms with Crippen molar-refractivity contribution in [2.45, 2.75) is 12.5 Å². The van der Waals surface area contributed by atoms with Crippen LogP contribution in [0.5, 0.6) is 5.75 Å². The second kappa shape index (κ2) is 9.71. The second-order valence-corrected chi connectivity index (χ2v) is 7.32. The maximum Gasteiger partial charge on any atom is 0.253 e. The van der Waals surface area contributed by atoms with Gasteiger partial charge in [-0.3, -0.25) is 9.59 Å². The zero-order chi connectivity index (χ0) is 21.5. The number of carbonyl (C=O) groups is 2. The Kier molecular flexibility index (Phi) is 6.38. The largest absolute Gasteiger partial charge is 0.489 e. The highest BCUT2D eigenvalue weighted by Gasteiger charge is 2.40. The maximum absolute atomic E-state index is 12.6. The molecule has 1 fully saturated rings. The molecule has 0 spiro atoms. The Labute approximate surface area is 180 Å². The Bertz CT molecular complexity index is 1050. The molecule has 2 amide bonds. The average molecular weight is 413 g/mol. The molecule has 1 saturated heterocycles. The second-order valence-electron chi connectivity index (χ2n) is 7.32. The van der Waals surface area contributed by atoms with Crippen LogP contribution in [0.4, 0.5) is 0 Å². The molecular formula is C25H23N3O3. The first-order chi connectivity index (χ1) is 15.2. The fourth-order valence-corrected chi connectivity index (χ4v) is 3.56. The normalized spacial score (nSPS) is 18.0. The van der Waals surface area contributed by atoms with Gasteiger partial charge < -0.3 is 10.1 Å². The van der Waals surface area contributed by atoms with Crippen molar-refractivity contribution in [3.63, 3.8) is 0 Å². The van der Waals surface area contributed by atoms with Gasteiger partial charge in [-0.2, -0.15) is 5.10 Å². The van der Waals surface area contributed by atoms with Crippen LogP contribution < -0.4 is 15.5 Å². The molecular weight excluding hydrogens is 390 g/mol. The summed E-state index contributed by atoms with van der Waals surface area (Å²) in [6.45, 7) is 0.936. The van der Waals surface area contributed by atoms with Crippen LogP contribution in [0.3, 0.4) is 0 Å². The molecule has 3 aromatic rings. The summed E-state index contributed by atoms with van der Waals surface area (Å²) in [4.78, 5) is 24.8. The topological polar surface area (TPSA) is 79.8 Å². The lowest BCUT2D eigenvalue weighted by molar-refractivity contribution is -0.133. The zero-order valence-electron chi connectivity index (χ0n) is 16.9. The molecule has 6 heteroatoms. The number of benzene rings is 3. The summed E-state index contributed by atoms with van der Waals surface area (Å²) in [6.07, 6.45) is 1.54. The molecule has 0 aliphatic carbocycles. The van der Waals surface area contributed by atoms with E-state index in [4.69, 9.17) is 4.74 Å². The fraction of sp³-hybridized carbons (Fsp3) is 0.160. The van der Waals surface area contributed by atoms with E-state index in [0.29, 0.717) is 13.2 Å². The minimum Gasteiger partial charge on any atom is -0.489 e. The van der Waals surface area contributed by atoms with E-state index in [1.165, 1.54) is 0 Å². The molecule has 0 unspecified atom stereocenters. The van der Waals surface area contributed by atoms with Gasteiger partial charge in [-0.05, 0) is 41.0 Å². The first-order valence-electron chi connectivity index (χ1n) is 10.1. The summed E-state index contributed by atoms with van der Waals surface area (Å²) < 4.78 is 5.76. The first-order valence-corrected chi connectivity index (χ1v) is 10.1. The van der Waals surface area contributed by atoms with E-state index in [1.54, 1.807) is 6.21 Å². The Balaban J connectivity index is 1.32. The van der Waals surface area contributed by atoms with Gasteiger partial charge >= 0.3 is 0 Å². The number of hydrazone groups is 1. The van der Waals surface area contributed by atoms with Crippen molar-refractivity contribution >= 4 is 18.0 Å². The molecule has 31 heavy (non-hydrogen) atoms. The third kappa shape index (κ3) is 5.17. The van der Waals surface area contributed by atoms with Gasteiger partial charge in [0.2, 0.25) is 5.91 Å². The SMILES string of the molecule is O=C1NC[C@H](c2ccccc2)[C@@H]1C(=O)NN=Cc1ccc(OCc2ccccc2)cc1. The van der Waals surface area contributed by atoms with Gasteiger partial charge in [0.15, 0.2) is 0 Å². The van der Waals surface area contributed by atoms with E-state index >= 15 is 0 Å². The minimum absolute atomic E-state index is 0.204. The Hall–Kier alpha value is -3.93. The van der Waals surface area contributed by atoms with Crippen molar-refractivity contribution in [1.82, 2.24) is 10.7 Å². The van der Waals surface area contributed by atoms with Crippen LogP contribution in [0, 0.1) is 5.92 Å². The van der Waals surface area contributed by atoms with E-state index < -0.39 is 11.8 Å². The van der Waals surface area contributed by atoms with Crippen LogP contribution in [0.2, 0.25) is 0 Å². The lowest BCUT2D eigenvalue weighted by Gasteiger charge is -2.15. The number of rotatable bonds is 7. The summed E-state index contributed by atoms with van der Waals surface area (Å²) in [5.41, 5.74) is 5.36. The van der Waals surface area contributed by atoms with Crippen molar-refractivity contribution < 1.29 is 14.3 Å². The molecule has 2 N–H and O–H groups in total. The summed E-state index contributed by atoms with van der Waals surface area (Å²) in [6, 6.07) is 26.9. The highest BCUT2D eigenvalue weighted by atomic mass is 16.5. The number of nitrogens with zero attached hydrogens (tertiary/aromatic N) is 1. The quantitative estimate of drug-likeness (QED) is 0.355. The van der Waals surface area contributed by atoms with Crippen LogP contribution in [-0.4, -0.2) is 24.6 Å². The van der Waals surface area contributed by atoms with Gasteiger partial charge in [0.05, 0.1) is 6.21 Å². The van der Waals surface area contributed by atoms with Gasteiger partial charge in [0.1, 0.15) is 18.3 Å². The highest BCUT2D eigenvalue weighted by molar-refractivity contribution is 6.03. The molecule has 0 aromatic heterocycles. The monoisotopic (exact) mass is 413 g/mol. The number of amides is 2. The van der Waals surface area contributed by atoms with Gasteiger partial charge in [-0.1, -0.05) is 60.7 Å². The van der Waals surface area contributed by atoms with E-state index in [9.17, 15) is 9.59 Å². The van der Waals surface area contributed by atoms with Crippen molar-refractivity contribution in [1.29, 1.82) is 0 Å². The van der Waals surface area contributed by atoms with Gasteiger partial charge in [0, 0.05) is 12.5 Å². The number of hydrogen-bond acceptors (Lipinski definition) is 4. The van der Waals surface area contributed by atoms with E-state index in [1.807, 2.05) is 84.9 Å². The lowest BCUT2D eigenvalue weighted by Crippen LogP contribution is -2.34. The Morgan fingerprint density at radius 1 is 1.00 bits per heavy atom. The number of nitrogens with one attached hydrogen (secondary N) is 2. The van der Waals surface area contributed by atoms with Gasteiger partial charge in [-0.15, -0.1) is 0 Å². The molecule has 6 nitrogen and oxygen atoms in total. The Morgan fingerprint density at radius 2 is 1.68 bits per heavy atom. The zero-order valence-corrected chi connectivity index (χ0v) is 16.9. The first kappa shape index (κ1) is 20.3. The summed E-state index contributed by atoms with van der Waals surface area (Å²) in [7, 11) is 0. The molecule has 4 rings (SSSR count). The number of hydrogen-bond donors (Lipinski definition) is 2. The summed E-state index contributed by atoms with van der Waals surface area (Å²) >= 11 is 0. The highest BCUT2D eigenvalue weighted by Crippen LogP contribution is 2.29. The van der Waals surface area contributed by atoms with Gasteiger partial charge in [-0.25, -0.2) is 5.43 Å². The number of ether oxygens (including phenoxy) is 1. The maximum atomic E-state index is 12.6. The Morgan fingerprint density at radius 3 is 2.39 bits per heavy atom.